The van der Waals surface area contributed by atoms with E-state index in [-0.39, 0.29) is 0 Å². The van der Waals surface area contributed by atoms with Crippen molar-refractivity contribution in [1.29, 1.82) is 5.26 Å². The van der Waals surface area contributed by atoms with Gasteiger partial charge in [-0.25, -0.2) is 0 Å². The summed E-state index contributed by atoms with van der Waals surface area (Å²) < 4.78 is 0. The van der Waals surface area contributed by atoms with E-state index in [0.717, 1.165) is 23.1 Å². The summed E-state index contributed by atoms with van der Waals surface area (Å²) in [6.07, 6.45) is 0. The normalized spacial score (nSPS) is 11.9. The largest absolute Gasteiger partial charge is 0.381 e. The lowest BCUT2D eigenvalue weighted by Gasteiger charge is -2.16. The maximum atomic E-state index is 9.30. The van der Waals surface area contributed by atoms with Crippen LogP contribution in [0, 0.1) is 18.3 Å². The SMILES string of the molecule is Cc1cccc(C(C)CNc2c(C#N)nnc3ccccc23)c1. The molecule has 23 heavy (non-hydrogen) atoms. The topological polar surface area (TPSA) is 61.6 Å². The van der Waals surface area contributed by atoms with Gasteiger partial charge in [-0.1, -0.05) is 55.0 Å². The van der Waals surface area contributed by atoms with E-state index in [1.807, 2.05) is 24.3 Å². The van der Waals surface area contributed by atoms with Crippen molar-refractivity contribution in [3.8, 4) is 6.07 Å². The Morgan fingerprint density at radius 2 is 1.96 bits per heavy atom. The van der Waals surface area contributed by atoms with Crippen LogP contribution in [0.25, 0.3) is 10.9 Å². The average Bonchev–Trinajstić information content (AvgIpc) is 2.59. The van der Waals surface area contributed by atoms with E-state index in [9.17, 15) is 5.26 Å². The molecule has 0 spiro atoms. The lowest BCUT2D eigenvalue weighted by atomic mass is 9.99. The number of aryl methyl sites for hydroxylation is 1. The van der Waals surface area contributed by atoms with Crippen molar-refractivity contribution in [1.82, 2.24) is 10.2 Å². The van der Waals surface area contributed by atoms with Gasteiger partial charge in [-0.3, -0.25) is 0 Å². The Labute approximate surface area is 135 Å². The molecular formula is C19H18N4. The van der Waals surface area contributed by atoms with Crippen LogP contribution in [0.2, 0.25) is 0 Å². The smallest absolute Gasteiger partial charge is 0.186 e. The van der Waals surface area contributed by atoms with Gasteiger partial charge in [0.15, 0.2) is 5.69 Å². The summed E-state index contributed by atoms with van der Waals surface area (Å²) in [4.78, 5) is 0. The predicted octanol–water partition coefficient (Wildman–Crippen LogP) is 4.03. The molecule has 0 amide bonds. The number of rotatable bonds is 4. The summed E-state index contributed by atoms with van der Waals surface area (Å²) in [6.45, 7) is 5.00. The number of fused-ring (bicyclic) bond motifs is 1. The number of hydrogen-bond acceptors (Lipinski definition) is 4. The molecule has 0 bridgehead atoms. The highest BCUT2D eigenvalue weighted by atomic mass is 15.1. The van der Waals surface area contributed by atoms with E-state index in [4.69, 9.17) is 0 Å². The average molecular weight is 302 g/mol. The molecule has 1 heterocycles. The van der Waals surface area contributed by atoms with Crippen molar-refractivity contribution < 1.29 is 0 Å². The molecule has 0 saturated carbocycles. The number of aromatic nitrogens is 2. The molecule has 1 aromatic heterocycles. The van der Waals surface area contributed by atoms with Crippen LogP contribution in [-0.2, 0) is 0 Å². The highest BCUT2D eigenvalue weighted by Crippen LogP contribution is 2.25. The number of nitrogens with zero attached hydrogens (tertiary/aromatic N) is 3. The first-order valence-electron chi connectivity index (χ1n) is 7.65. The van der Waals surface area contributed by atoms with Crippen LogP contribution < -0.4 is 5.32 Å². The second-order valence-corrected chi connectivity index (χ2v) is 5.75. The van der Waals surface area contributed by atoms with Gasteiger partial charge in [0.05, 0.1) is 11.2 Å². The van der Waals surface area contributed by atoms with Crippen LogP contribution in [0.3, 0.4) is 0 Å². The van der Waals surface area contributed by atoms with Gasteiger partial charge in [0.1, 0.15) is 6.07 Å². The number of nitriles is 1. The lowest BCUT2D eigenvalue weighted by Crippen LogP contribution is -2.12. The van der Waals surface area contributed by atoms with Crippen LogP contribution in [0.4, 0.5) is 5.69 Å². The Bertz CT molecular complexity index is 880. The Morgan fingerprint density at radius 3 is 2.74 bits per heavy atom. The Balaban J connectivity index is 1.88. The number of nitrogens with one attached hydrogen (secondary N) is 1. The molecule has 3 rings (SSSR count). The second-order valence-electron chi connectivity index (χ2n) is 5.75. The third kappa shape index (κ3) is 3.14. The molecule has 0 saturated heterocycles. The summed E-state index contributed by atoms with van der Waals surface area (Å²) in [5.74, 6) is 0.327. The molecule has 0 aliphatic heterocycles. The Kier molecular flexibility index (Phi) is 4.20. The predicted molar refractivity (Wildman–Crippen MR) is 92.3 cm³/mol. The van der Waals surface area contributed by atoms with Crippen molar-refractivity contribution in [2.75, 3.05) is 11.9 Å². The van der Waals surface area contributed by atoms with Crippen LogP contribution in [0.5, 0.6) is 0 Å². The summed E-state index contributed by atoms with van der Waals surface area (Å²) in [6, 6.07) is 18.3. The molecule has 4 heteroatoms. The standard InChI is InChI=1S/C19H18N4/c1-13-6-5-7-15(10-13)14(2)12-21-19-16-8-3-4-9-17(16)22-23-18(19)11-20/h3-10,14H,12H2,1-2H3,(H,21,22). The highest BCUT2D eigenvalue weighted by Gasteiger charge is 2.12. The Hall–Kier alpha value is -2.93. The first-order valence-corrected chi connectivity index (χ1v) is 7.65. The van der Waals surface area contributed by atoms with Gasteiger partial charge in [0, 0.05) is 11.9 Å². The zero-order chi connectivity index (χ0) is 16.2. The van der Waals surface area contributed by atoms with Gasteiger partial charge in [0.2, 0.25) is 0 Å². The third-order valence-corrected chi connectivity index (χ3v) is 3.97. The minimum absolute atomic E-state index is 0.327. The minimum atomic E-state index is 0.327. The molecule has 4 nitrogen and oxygen atoms in total. The fourth-order valence-electron chi connectivity index (χ4n) is 2.66. The van der Waals surface area contributed by atoms with Crippen LogP contribution in [0.15, 0.2) is 48.5 Å². The molecule has 114 valence electrons. The van der Waals surface area contributed by atoms with Gasteiger partial charge in [-0.2, -0.15) is 5.26 Å². The van der Waals surface area contributed by atoms with Crippen LogP contribution in [0.1, 0.15) is 29.7 Å². The number of anilines is 1. The minimum Gasteiger partial charge on any atom is -0.381 e. The maximum absolute atomic E-state index is 9.30. The molecule has 0 aliphatic carbocycles. The second kappa shape index (κ2) is 6.45. The van der Waals surface area contributed by atoms with Crippen LogP contribution in [-0.4, -0.2) is 16.7 Å². The zero-order valence-corrected chi connectivity index (χ0v) is 13.2. The fourth-order valence-corrected chi connectivity index (χ4v) is 2.66. The third-order valence-electron chi connectivity index (χ3n) is 3.97. The molecule has 0 fully saturated rings. The van der Waals surface area contributed by atoms with Gasteiger partial charge < -0.3 is 5.32 Å². The van der Waals surface area contributed by atoms with Gasteiger partial charge >= 0.3 is 0 Å². The molecule has 0 aliphatic rings. The number of benzene rings is 2. The summed E-state index contributed by atoms with van der Waals surface area (Å²) in [5, 5.41) is 21.7. The monoisotopic (exact) mass is 302 g/mol. The van der Waals surface area contributed by atoms with E-state index in [2.05, 4.69) is 59.7 Å². The van der Waals surface area contributed by atoms with Gasteiger partial charge in [-0.05, 0) is 24.5 Å². The van der Waals surface area contributed by atoms with Crippen molar-refractivity contribution in [2.24, 2.45) is 0 Å². The van der Waals surface area contributed by atoms with Gasteiger partial charge in [-0.15, -0.1) is 10.2 Å². The summed E-state index contributed by atoms with van der Waals surface area (Å²) in [5.41, 5.74) is 4.42. The molecule has 2 aromatic carbocycles. The molecule has 1 unspecified atom stereocenters. The number of hydrogen-bond donors (Lipinski definition) is 1. The van der Waals surface area contributed by atoms with Crippen molar-refractivity contribution >= 4 is 16.6 Å². The molecular weight excluding hydrogens is 284 g/mol. The Morgan fingerprint density at radius 1 is 1.13 bits per heavy atom. The van der Waals surface area contributed by atoms with Crippen LogP contribution >= 0.6 is 0 Å². The van der Waals surface area contributed by atoms with E-state index in [0.29, 0.717) is 11.6 Å². The van der Waals surface area contributed by atoms with Crippen molar-refractivity contribution in [3.63, 3.8) is 0 Å². The highest BCUT2D eigenvalue weighted by molar-refractivity contribution is 5.92. The molecule has 0 radical (unpaired) electrons. The zero-order valence-electron chi connectivity index (χ0n) is 13.2. The quantitative estimate of drug-likeness (QED) is 0.790. The summed E-state index contributed by atoms with van der Waals surface area (Å²) in [7, 11) is 0. The molecule has 1 atom stereocenters. The van der Waals surface area contributed by atoms with E-state index < -0.39 is 0 Å². The molecule has 3 aromatic rings. The van der Waals surface area contributed by atoms with E-state index in [1.54, 1.807) is 0 Å². The summed E-state index contributed by atoms with van der Waals surface area (Å²) >= 11 is 0. The first-order chi connectivity index (χ1) is 11.2. The van der Waals surface area contributed by atoms with E-state index in [1.165, 1.54) is 11.1 Å². The van der Waals surface area contributed by atoms with Gasteiger partial charge in [0.25, 0.3) is 0 Å². The van der Waals surface area contributed by atoms with Crippen molar-refractivity contribution in [2.45, 2.75) is 19.8 Å². The van der Waals surface area contributed by atoms with Crippen molar-refractivity contribution in [3.05, 3.63) is 65.4 Å². The lowest BCUT2D eigenvalue weighted by molar-refractivity contribution is 0.803. The van der Waals surface area contributed by atoms with E-state index >= 15 is 0 Å². The molecule has 1 N–H and O–H groups in total. The fraction of sp³-hybridized carbons (Fsp3) is 0.211. The first kappa shape index (κ1) is 15.0. The maximum Gasteiger partial charge on any atom is 0.186 e.